The van der Waals surface area contributed by atoms with E-state index in [0.29, 0.717) is 25.3 Å². The zero-order valence-corrected chi connectivity index (χ0v) is 15.0. The molecule has 1 aromatic heterocycles. The minimum atomic E-state index is -0.553. The van der Waals surface area contributed by atoms with Crippen LogP contribution in [0.1, 0.15) is 42.4 Å². The number of H-pyrrole nitrogens is 1. The highest BCUT2D eigenvalue weighted by Gasteiger charge is 2.29. The first kappa shape index (κ1) is 17.8. The summed E-state index contributed by atoms with van der Waals surface area (Å²) in [7, 11) is 0. The van der Waals surface area contributed by atoms with Crippen LogP contribution >= 0.6 is 0 Å². The third kappa shape index (κ3) is 3.79. The van der Waals surface area contributed by atoms with E-state index in [4.69, 9.17) is 4.74 Å². The Kier molecular flexibility index (Phi) is 4.58. The van der Waals surface area contributed by atoms with Gasteiger partial charge in [-0.2, -0.15) is 5.10 Å². The number of amides is 2. The van der Waals surface area contributed by atoms with Crippen LogP contribution in [0.15, 0.2) is 24.3 Å². The van der Waals surface area contributed by atoms with Gasteiger partial charge in [0.2, 0.25) is 0 Å². The molecule has 3 rings (SSSR count). The number of carbonyl (C=O) groups is 2. The number of anilines is 1. The Hall–Kier alpha value is -3.03. The fourth-order valence-electron chi connectivity index (χ4n) is 2.74. The van der Waals surface area contributed by atoms with E-state index in [1.54, 1.807) is 17.0 Å². The van der Waals surface area contributed by atoms with Crippen molar-refractivity contribution >= 4 is 17.8 Å². The number of carbonyl (C=O) groups excluding carboxylic acids is 2. The smallest absolute Gasteiger partial charge is 0.410 e. The predicted molar refractivity (Wildman–Crippen MR) is 95.0 cm³/mol. The van der Waals surface area contributed by atoms with E-state index >= 15 is 0 Å². The van der Waals surface area contributed by atoms with Gasteiger partial charge in [-0.15, -0.1) is 0 Å². The first-order valence-electron chi connectivity index (χ1n) is 8.38. The van der Waals surface area contributed by atoms with Gasteiger partial charge in [0.15, 0.2) is 5.82 Å². The summed E-state index contributed by atoms with van der Waals surface area (Å²) >= 11 is 0. The van der Waals surface area contributed by atoms with Crippen molar-refractivity contribution in [2.75, 3.05) is 11.9 Å². The quantitative estimate of drug-likeness (QED) is 0.765. The van der Waals surface area contributed by atoms with Crippen molar-refractivity contribution in [1.29, 1.82) is 0 Å². The number of nitrogens with zero attached hydrogens (tertiary/aromatic N) is 2. The number of aromatic amines is 1. The number of phenols is 1. The molecule has 1 aliphatic rings. The Morgan fingerprint density at radius 1 is 1.31 bits per heavy atom. The molecular formula is C18H22N4O4. The average Bonchev–Trinajstić information content (AvgIpc) is 2.96. The summed E-state index contributed by atoms with van der Waals surface area (Å²) in [6.07, 6.45) is 0.166. The maximum atomic E-state index is 12.3. The lowest BCUT2D eigenvalue weighted by Crippen LogP contribution is -2.39. The predicted octanol–water partition coefficient (Wildman–Crippen LogP) is 2.66. The standard InChI is InChI=1S/C18H22N4O4/c1-18(2,3)26-17(25)22-9-8-11-13(10-22)20-21-15(11)19-16(24)12-6-4-5-7-14(12)23/h4-7,23H,8-10H2,1-3H3,(H2,19,20,21,24). The Labute approximate surface area is 151 Å². The van der Waals surface area contributed by atoms with Gasteiger partial charge < -0.3 is 20.1 Å². The van der Waals surface area contributed by atoms with Crippen molar-refractivity contribution in [2.45, 2.75) is 39.3 Å². The van der Waals surface area contributed by atoms with Gasteiger partial charge in [0.25, 0.3) is 5.91 Å². The van der Waals surface area contributed by atoms with E-state index in [1.165, 1.54) is 12.1 Å². The maximum absolute atomic E-state index is 12.3. The van der Waals surface area contributed by atoms with Gasteiger partial charge >= 0.3 is 6.09 Å². The number of aromatic nitrogens is 2. The fraction of sp³-hybridized carbons (Fsp3) is 0.389. The first-order chi connectivity index (χ1) is 12.2. The van der Waals surface area contributed by atoms with Crippen LogP contribution in [0.3, 0.4) is 0 Å². The van der Waals surface area contributed by atoms with Crippen LogP contribution in [-0.4, -0.2) is 44.4 Å². The minimum absolute atomic E-state index is 0.0921. The summed E-state index contributed by atoms with van der Waals surface area (Å²) < 4.78 is 5.39. The first-order valence-corrected chi connectivity index (χ1v) is 8.38. The van der Waals surface area contributed by atoms with Crippen LogP contribution in [-0.2, 0) is 17.7 Å². The van der Waals surface area contributed by atoms with Gasteiger partial charge in [-0.05, 0) is 39.3 Å². The number of hydrogen-bond donors (Lipinski definition) is 3. The molecule has 0 saturated carbocycles. The zero-order chi connectivity index (χ0) is 18.9. The van der Waals surface area contributed by atoms with E-state index < -0.39 is 11.5 Å². The van der Waals surface area contributed by atoms with Crippen LogP contribution in [0.2, 0.25) is 0 Å². The number of hydrogen-bond acceptors (Lipinski definition) is 5. The van der Waals surface area contributed by atoms with E-state index in [9.17, 15) is 14.7 Å². The number of benzene rings is 1. The SMILES string of the molecule is CC(C)(C)OC(=O)N1CCc2c(NC(=O)c3ccccc3O)n[nH]c2C1. The van der Waals surface area contributed by atoms with Crippen LogP contribution in [0.25, 0.3) is 0 Å². The summed E-state index contributed by atoms with van der Waals surface area (Å²) in [4.78, 5) is 26.1. The van der Waals surface area contributed by atoms with Crippen molar-refractivity contribution in [2.24, 2.45) is 0 Å². The number of para-hydroxylation sites is 1. The number of nitrogens with one attached hydrogen (secondary N) is 2. The molecule has 1 aliphatic heterocycles. The summed E-state index contributed by atoms with van der Waals surface area (Å²) in [6.45, 7) is 6.28. The third-order valence-electron chi connectivity index (χ3n) is 3.97. The number of aromatic hydroxyl groups is 1. The molecule has 2 heterocycles. The lowest BCUT2D eigenvalue weighted by Gasteiger charge is -2.29. The van der Waals surface area contributed by atoms with Gasteiger partial charge in [-0.1, -0.05) is 12.1 Å². The normalized spacial score (nSPS) is 13.9. The molecule has 138 valence electrons. The average molecular weight is 358 g/mol. The number of rotatable bonds is 2. The fourth-order valence-corrected chi connectivity index (χ4v) is 2.74. The van der Waals surface area contributed by atoms with Crippen molar-refractivity contribution in [3.8, 4) is 5.75 Å². The Morgan fingerprint density at radius 2 is 2.04 bits per heavy atom. The highest BCUT2D eigenvalue weighted by Crippen LogP contribution is 2.26. The van der Waals surface area contributed by atoms with Gasteiger partial charge in [0.1, 0.15) is 11.4 Å². The third-order valence-corrected chi connectivity index (χ3v) is 3.97. The number of fused-ring (bicyclic) bond motifs is 1. The molecule has 0 spiro atoms. The highest BCUT2D eigenvalue weighted by molar-refractivity contribution is 6.06. The Bertz CT molecular complexity index is 838. The van der Waals surface area contributed by atoms with Gasteiger partial charge in [-0.25, -0.2) is 4.79 Å². The maximum Gasteiger partial charge on any atom is 0.410 e. The molecule has 0 bridgehead atoms. The molecule has 2 amide bonds. The Morgan fingerprint density at radius 3 is 2.73 bits per heavy atom. The number of ether oxygens (including phenoxy) is 1. The number of phenolic OH excluding ortho intramolecular Hbond substituents is 1. The summed E-state index contributed by atoms with van der Waals surface area (Å²) in [5.41, 5.74) is 1.24. The highest BCUT2D eigenvalue weighted by atomic mass is 16.6. The molecule has 0 atom stereocenters. The summed E-state index contributed by atoms with van der Waals surface area (Å²) in [6, 6.07) is 6.31. The molecule has 26 heavy (non-hydrogen) atoms. The molecule has 8 heteroatoms. The summed E-state index contributed by atoms with van der Waals surface area (Å²) in [5, 5.41) is 19.5. The molecular weight excluding hydrogens is 336 g/mol. The van der Waals surface area contributed by atoms with Gasteiger partial charge in [-0.3, -0.25) is 9.89 Å². The largest absolute Gasteiger partial charge is 0.507 e. The monoisotopic (exact) mass is 358 g/mol. The van der Waals surface area contributed by atoms with Crippen LogP contribution in [0, 0.1) is 0 Å². The minimum Gasteiger partial charge on any atom is -0.507 e. The molecule has 3 N–H and O–H groups in total. The van der Waals surface area contributed by atoms with Crippen LogP contribution in [0.5, 0.6) is 5.75 Å². The van der Waals surface area contributed by atoms with Crippen LogP contribution < -0.4 is 5.32 Å². The second kappa shape index (κ2) is 6.70. The van der Waals surface area contributed by atoms with Gasteiger partial charge in [0, 0.05) is 12.1 Å². The molecule has 0 saturated heterocycles. The van der Waals surface area contributed by atoms with Crippen LogP contribution in [0.4, 0.5) is 10.6 Å². The second-order valence-electron chi connectivity index (χ2n) is 7.15. The van der Waals surface area contributed by atoms with Gasteiger partial charge in [0.05, 0.1) is 17.8 Å². The molecule has 0 fully saturated rings. The van der Waals surface area contributed by atoms with Crippen molar-refractivity contribution in [3.05, 3.63) is 41.1 Å². The topological polar surface area (TPSA) is 108 Å². The van der Waals surface area contributed by atoms with E-state index in [0.717, 1.165) is 11.3 Å². The molecule has 0 unspecified atom stereocenters. The van der Waals surface area contributed by atoms with Crippen molar-refractivity contribution < 1.29 is 19.4 Å². The molecule has 1 aromatic carbocycles. The molecule has 0 radical (unpaired) electrons. The van der Waals surface area contributed by atoms with Crippen molar-refractivity contribution in [1.82, 2.24) is 15.1 Å². The Balaban J connectivity index is 1.71. The van der Waals surface area contributed by atoms with E-state index in [-0.39, 0.29) is 17.4 Å². The zero-order valence-electron chi connectivity index (χ0n) is 15.0. The van der Waals surface area contributed by atoms with Crippen molar-refractivity contribution in [3.63, 3.8) is 0 Å². The van der Waals surface area contributed by atoms with E-state index in [2.05, 4.69) is 15.5 Å². The molecule has 0 aliphatic carbocycles. The lowest BCUT2D eigenvalue weighted by atomic mass is 10.1. The molecule has 8 nitrogen and oxygen atoms in total. The second-order valence-corrected chi connectivity index (χ2v) is 7.15. The summed E-state index contributed by atoms with van der Waals surface area (Å²) in [5.74, 6) is -0.116. The van der Waals surface area contributed by atoms with E-state index in [1.807, 2.05) is 20.8 Å². The lowest BCUT2D eigenvalue weighted by molar-refractivity contribution is 0.0221. The molecule has 2 aromatic rings.